The number of carbonyl (C=O) groups excluding carboxylic acids is 1. The van der Waals surface area contributed by atoms with Crippen LogP contribution in [0.25, 0.3) is 0 Å². The van der Waals surface area contributed by atoms with Crippen LogP contribution >= 0.6 is 0 Å². The quantitative estimate of drug-likeness (QED) is 0.557. The molecule has 8 heteroatoms. The number of hydrogen-bond donors (Lipinski definition) is 2. The van der Waals surface area contributed by atoms with Gasteiger partial charge in [0.1, 0.15) is 24.3 Å². The van der Waals surface area contributed by atoms with Gasteiger partial charge in [0.2, 0.25) is 0 Å². The third-order valence-electron chi connectivity index (χ3n) is 6.40. The predicted molar refractivity (Wildman–Crippen MR) is 127 cm³/mol. The Morgan fingerprint density at radius 1 is 1.24 bits per heavy atom. The van der Waals surface area contributed by atoms with Crippen LogP contribution in [0, 0.1) is 11.7 Å². The van der Waals surface area contributed by atoms with Gasteiger partial charge in [0.15, 0.2) is 5.82 Å². The molecule has 1 saturated heterocycles. The summed E-state index contributed by atoms with van der Waals surface area (Å²) in [5, 5.41) is 6.51. The molecule has 2 heterocycles. The van der Waals surface area contributed by atoms with E-state index in [1.165, 1.54) is 6.07 Å². The minimum Gasteiger partial charge on any atom is -0.489 e. The van der Waals surface area contributed by atoms with Crippen molar-refractivity contribution in [3.05, 3.63) is 77.0 Å². The molecule has 0 bridgehead atoms. The maximum atomic E-state index is 14.7. The summed E-state index contributed by atoms with van der Waals surface area (Å²) in [7, 11) is 0. The second-order valence-corrected chi connectivity index (χ2v) is 8.92. The Kier molecular flexibility index (Phi) is 6.76. The van der Waals surface area contributed by atoms with Crippen LogP contribution in [0.5, 0.6) is 5.75 Å². The molecule has 0 radical (unpaired) electrons. The average molecular weight is 465 g/mol. The van der Waals surface area contributed by atoms with Crippen molar-refractivity contribution < 1.29 is 18.7 Å². The van der Waals surface area contributed by atoms with E-state index in [9.17, 15) is 9.18 Å². The van der Waals surface area contributed by atoms with Crippen LogP contribution in [0.1, 0.15) is 23.1 Å². The normalized spacial score (nSPS) is 21.1. The highest BCUT2D eigenvalue weighted by atomic mass is 19.1. The molecular formula is C26H29FN4O3. The van der Waals surface area contributed by atoms with Gasteiger partial charge in [-0.2, -0.15) is 0 Å². The van der Waals surface area contributed by atoms with Gasteiger partial charge in [-0.1, -0.05) is 30.3 Å². The highest BCUT2D eigenvalue weighted by Crippen LogP contribution is 2.32. The molecular weight excluding hydrogens is 435 g/mol. The molecule has 7 nitrogen and oxygen atoms in total. The zero-order valence-electron chi connectivity index (χ0n) is 19.0. The van der Waals surface area contributed by atoms with Crippen molar-refractivity contribution in [1.82, 2.24) is 15.5 Å². The SMILES string of the molecule is O=C1OC(CCNCC2Cc3cc(OCc4ccccc4)cc(F)c3C2)CN1C1=CNCC=N1. The van der Waals surface area contributed by atoms with Crippen molar-refractivity contribution in [3.8, 4) is 5.75 Å². The molecule has 178 valence electrons. The number of hydrogen-bond acceptors (Lipinski definition) is 6. The number of benzene rings is 2. The van der Waals surface area contributed by atoms with Gasteiger partial charge in [0.05, 0.1) is 6.54 Å². The van der Waals surface area contributed by atoms with E-state index in [1.54, 1.807) is 17.3 Å². The van der Waals surface area contributed by atoms with Crippen molar-refractivity contribution in [2.45, 2.75) is 32.0 Å². The van der Waals surface area contributed by atoms with E-state index in [1.807, 2.05) is 36.4 Å². The lowest BCUT2D eigenvalue weighted by Crippen LogP contribution is -2.29. The van der Waals surface area contributed by atoms with Crippen LogP contribution in [0.3, 0.4) is 0 Å². The maximum absolute atomic E-state index is 14.7. The fourth-order valence-corrected chi connectivity index (χ4v) is 4.67. The van der Waals surface area contributed by atoms with E-state index in [2.05, 4.69) is 15.6 Å². The molecule has 0 saturated carbocycles. The van der Waals surface area contributed by atoms with Gasteiger partial charge < -0.3 is 20.1 Å². The fourth-order valence-electron chi connectivity index (χ4n) is 4.67. The minimum absolute atomic E-state index is 0.166. The Bertz CT molecular complexity index is 1090. The first kappa shape index (κ1) is 22.4. The molecule has 0 spiro atoms. The van der Waals surface area contributed by atoms with E-state index in [0.29, 0.717) is 37.2 Å². The van der Waals surface area contributed by atoms with Crippen molar-refractivity contribution in [2.75, 3.05) is 26.2 Å². The number of halogens is 1. The molecule has 2 unspecified atom stereocenters. The van der Waals surface area contributed by atoms with E-state index in [4.69, 9.17) is 9.47 Å². The van der Waals surface area contributed by atoms with Gasteiger partial charge in [-0.05, 0) is 61.0 Å². The lowest BCUT2D eigenvalue weighted by molar-refractivity contribution is 0.130. The number of cyclic esters (lactones) is 1. The van der Waals surface area contributed by atoms with E-state index >= 15 is 0 Å². The lowest BCUT2D eigenvalue weighted by atomic mass is 10.1. The summed E-state index contributed by atoms with van der Waals surface area (Å²) in [6.45, 7) is 3.10. The van der Waals surface area contributed by atoms with E-state index < -0.39 is 0 Å². The Labute approximate surface area is 198 Å². The highest BCUT2D eigenvalue weighted by Gasteiger charge is 2.33. The predicted octanol–water partition coefficient (Wildman–Crippen LogP) is 3.39. The van der Waals surface area contributed by atoms with Crippen LogP contribution in [0.15, 0.2) is 59.5 Å². The van der Waals surface area contributed by atoms with Crippen molar-refractivity contribution >= 4 is 12.3 Å². The zero-order valence-corrected chi connectivity index (χ0v) is 19.0. The second-order valence-electron chi connectivity index (χ2n) is 8.92. The van der Waals surface area contributed by atoms with Crippen LogP contribution in [-0.2, 0) is 24.2 Å². The Morgan fingerprint density at radius 3 is 2.94 bits per heavy atom. The number of carbonyl (C=O) groups is 1. The molecule has 2 aromatic rings. The number of amides is 1. The molecule has 2 aliphatic heterocycles. The summed E-state index contributed by atoms with van der Waals surface area (Å²) < 4.78 is 26.0. The molecule has 2 aromatic carbocycles. The largest absolute Gasteiger partial charge is 0.489 e. The number of nitrogens with zero attached hydrogens (tertiary/aromatic N) is 2. The smallest absolute Gasteiger partial charge is 0.415 e. The Morgan fingerprint density at radius 2 is 2.12 bits per heavy atom. The molecule has 1 amide bonds. The molecule has 1 aliphatic carbocycles. The third kappa shape index (κ3) is 5.22. The van der Waals surface area contributed by atoms with E-state index in [-0.39, 0.29) is 18.0 Å². The first-order chi connectivity index (χ1) is 16.7. The maximum Gasteiger partial charge on any atom is 0.415 e. The number of aliphatic imine (C=N–C) groups is 1. The van der Waals surface area contributed by atoms with Gasteiger partial charge in [-0.3, -0.25) is 4.90 Å². The zero-order chi connectivity index (χ0) is 23.3. The number of fused-ring (bicyclic) bond motifs is 1. The molecule has 2 N–H and O–H groups in total. The van der Waals surface area contributed by atoms with Crippen LogP contribution in [0.2, 0.25) is 0 Å². The summed E-state index contributed by atoms with van der Waals surface area (Å²) in [5.74, 6) is 1.32. The topological polar surface area (TPSA) is 75.2 Å². The van der Waals surface area contributed by atoms with Crippen molar-refractivity contribution in [2.24, 2.45) is 10.9 Å². The summed E-state index contributed by atoms with van der Waals surface area (Å²) in [6, 6.07) is 13.4. The van der Waals surface area contributed by atoms with Gasteiger partial charge in [0.25, 0.3) is 0 Å². The van der Waals surface area contributed by atoms with Crippen LogP contribution in [0.4, 0.5) is 9.18 Å². The monoisotopic (exact) mass is 464 g/mol. The summed E-state index contributed by atoms with van der Waals surface area (Å²) in [4.78, 5) is 17.9. The summed E-state index contributed by atoms with van der Waals surface area (Å²) in [5.41, 5.74) is 2.89. The van der Waals surface area contributed by atoms with Gasteiger partial charge in [-0.25, -0.2) is 14.2 Å². The Balaban J connectivity index is 1.06. The molecule has 1 fully saturated rings. The van der Waals surface area contributed by atoms with E-state index in [0.717, 1.165) is 49.0 Å². The van der Waals surface area contributed by atoms with Gasteiger partial charge in [0, 0.05) is 25.0 Å². The number of rotatable bonds is 9. The first-order valence-corrected chi connectivity index (χ1v) is 11.8. The minimum atomic E-state index is -0.357. The molecule has 5 rings (SSSR count). The average Bonchev–Trinajstić information content (AvgIpc) is 3.45. The van der Waals surface area contributed by atoms with Crippen LogP contribution in [-0.4, -0.2) is 49.5 Å². The van der Waals surface area contributed by atoms with Crippen molar-refractivity contribution in [1.29, 1.82) is 0 Å². The lowest BCUT2D eigenvalue weighted by Gasteiger charge is -2.16. The number of ether oxygens (including phenoxy) is 2. The number of nitrogens with one attached hydrogen (secondary N) is 2. The first-order valence-electron chi connectivity index (χ1n) is 11.8. The summed E-state index contributed by atoms with van der Waals surface area (Å²) in [6.07, 6.45) is 5.21. The van der Waals surface area contributed by atoms with Gasteiger partial charge >= 0.3 is 6.09 Å². The second kappa shape index (κ2) is 10.3. The Hall–Kier alpha value is -3.39. The molecule has 3 aliphatic rings. The van der Waals surface area contributed by atoms with Gasteiger partial charge in [-0.15, -0.1) is 0 Å². The molecule has 34 heavy (non-hydrogen) atoms. The molecule has 0 aromatic heterocycles. The highest BCUT2D eigenvalue weighted by molar-refractivity contribution is 5.73. The third-order valence-corrected chi connectivity index (χ3v) is 6.40. The standard InChI is InChI=1S/C26H29FN4O3/c27-24-13-22(33-17-18-4-2-1-3-5-18)12-20-10-19(11-23(20)24)14-28-7-6-21-16-31(26(32)34-21)25-15-29-8-9-30-25/h1-5,9,12-13,15,19,21,28-29H,6-8,10-11,14,16-17H2. The molecule has 2 atom stereocenters. The van der Waals surface area contributed by atoms with Crippen LogP contribution < -0.4 is 15.4 Å². The van der Waals surface area contributed by atoms with Crippen molar-refractivity contribution in [3.63, 3.8) is 0 Å². The summed E-state index contributed by atoms with van der Waals surface area (Å²) >= 11 is 0. The fraction of sp³-hybridized carbons (Fsp3) is 0.385.